The van der Waals surface area contributed by atoms with Gasteiger partial charge in [0.25, 0.3) is 5.56 Å². The van der Waals surface area contributed by atoms with Crippen LogP contribution in [0.5, 0.6) is 5.75 Å². The van der Waals surface area contributed by atoms with Gasteiger partial charge in [0.05, 0.1) is 71.8 Å². The zero-order valence-corrected chi connectivity index (χ0v) is 36.4. The molecule has 328 valence electrons. The molecule has 6 N–H and O–H groups in total. The number of fused-ring (bicyclic) bond motifs is 6. The number of carbonyl (C=O) groups excluding carboxylic acids is 3. The number of halogens is 2. The maximum Gasteiger partial charge on any atom is 0.327 e. The van der Waals surface area contributed by atoms with E-state index in [0.717, 1.165) is 33.2 Å². The van der Waals surface area contributed by atoms with Crippen molar-refractivity contribution in [2.24, 2.45) is 17.4 Å². The van der Waals surface area contributed by atoms with Gasteiger partial charge in [-0.05, 0) is 68.4 Å². The predicted octanol–water partition coefficient (Wildman–Crippen LogP) is 4.66. The van der Waals surface area contributed by atoms with Gasteiger partial charge in [-0.15, -0.1) is 0 Å². The second-order valence-corrected chi connectivity index (χ2v) is 16.8. The molecule has 9 rings (SSSR count). The van der Waals surface area contributed by atoms with Gasteiger partial charge in [0.15, 0.2) is 0 Å². The lowest BCUT2D eigenvalue weighted by Crippen LogP contribution is -2.52. The molecule has 0 spiro atoms. The number of benzene rings is 1. The fraction of sp³-hybridized carbons (Fsp3) is 0.348. The van der Waals surface area contributed by atoms with Crippen molar-refractivity contribution in [1.29, 1.82) is 0 Å². The Morgan fingerprint density at radius 1 is 1.11 bits per heavy atom. The number of ether oxygens (including phenoxy) is 3. The molecule has 1 aromatic carbocycles. The van der Waals surface area contributed by atoms with Gasteiger partial charge in [0.1, 0.15) is 34.4 Å². The maximum atomic E-state index is 15.3. The lowest BCUT2D eigenvalue weighted by atomic mass is 9.65. The van der Waals surface area contributed by atoms with Gasteiger partial charge in [-0.2, -0.15) is 4.98 Å². The highest BCUT2D eigenvalue weighted by molar-refractivity contribution is 6.34. The van der Waals surface area contributed by atoms with Crippen LogP contribution in [0.15, 0.2) is 29.3 Å². The van der Waals surface area contributed by atoms with Crippen molar-refractivity contribution in [1.82, 2.24) is 29.1 Å². The topological polar surface area (TPSA) is 235 Å². The van der Waals surface area contributed by atoms with Crippen LogP contribution in [-0.2, 0) is 55.4 Å². The number of hydrogen-bond acceptors (Lipinski definition) is 14. The second-order valence-electron chi connectivity index (χ2n) is 16.4. The van der Waals surface area contributed by atoms with E-state index in [4.69, 9.17) is 48.0 Å². The number of carbonyl (C=O) groups is 3. The quantitative estimate of drug-likeness (QED) is 0.0815. The predicted molar refractivity (Wildman–Crippen MR) is 234 cm³/mol. The van der Waals surface area contributed by atoms with Gasteiger partial charge in [0.2, 0.25) is 5.95 Å². The van der Waals surface area contributed by atoms with Crippen LogP contribution in [-0.4, -0.2) is 60.6 Å². The SMILES string of the molecule is CC[C@@]1(C(CC#Cc2cn(Cc3ncc(C)c(OC)c3C)c3nc(N)nc(Cl)c23)C(=O)OC(=O)CN)C(=O)OCc2c1cc1n(c2=O)Cc2c-1nc1cc(F)c(C)c3c1c2[C@H](N)CC3. The summed E-state index contributed by atoms with van der Waals surface area (Å²) >= 11 is 6.68. The number of nitrogens with two attached hydrogens (primary N) is 3. The molecule has 0 bridgehead atoms. The van der Waals surface area contributed by atoms with E-state index in [1.165, 1.54) is 6.07 Å². The Balaban J connectivity index is 1.18. The molecule has 0 amide bonds. The molecule has 3 aliphatic rings. The van der Waals surface area contributed by atoms with Gasteiger partial charge in [0, 0.05) is 53.0 Å². The van der Waals surface area contributed by atoms with Crippen molar-refractivity contribution < 1.29 is 33.0 Å². The molecule has 0 fully saturated rings. The lowest BCUT2D eigenvalue weighted by molar-refractivity contribution is -0.171. The molecule has 7 heterocycles. The van der Waals surface area contributed by atoms with E-state index >= 15 is 4.39 Å². The molecular weight excluding hydrogens is 845 g/mol. The standard InChI is InChI=1S/C46H43ClFN9O7/c1-6-46(28-12-33-38-25(17-57(33)42(59)26(28)19-63-44(46)61)36-30(50)11-10-24-21(3)29(48)13-31(53-38)37(24)36)27(43(60)64-34(58)14-49)9-7-8-23-16-56(41-35(23)40(47)54-45(51)55-41)18-32-22(4)39(62-5)20(2)15-52-32/h12-13,15-16,27,30H,6,9-11,14,17-19,49-50H2,1-5H3,(H2,51,54,55)/t27?,30-,46+/m1/s1. The lowest BCUT2D eigenvalue weighted by Gasteiger charge is -2.40. The number of esters is 3. The number of rotatable bonds is 8. The Morgan fingerprint density at radius 3 is 2.62 bits per heavy atom. The summed E-state index contributed by atoms with van der Waals surface area (Å²) in [7, 11) is 1.59. The van der Waals surface area contributed by atoms with E-state index in [0.29, 0.717) is 63.3 Å². The number of methoxy groups -OCH3 is 1. The van der Waals surface area contributed by atoms with E-state index in [1.54, 1.807) is 48.6 Å². The van der Waals surface area contributed by atoms with Crippen LogP contribution >= 0.6 is 11.6 Å². The largest absolute Gasteiger partial charge is 0.496 e. The number of nitrogen functional groups attached to an aromatic ring is 1. The maximum absolute atomic E-state index is 15.3. The molecule has 0 saturated heterocycles. The number of cyclic esters (lactones) is 1. The van der Waals surface area contributed by atoms with Crippen molar-refractivity contribution >= 4 is 57.4 Å². The van der Waals surface area contributed by atoms with E-state index in [9.17, 15) is 19.2 Å². The number of aromatic nitrogens is 6. The van der Waals surface area contributed by atoms with Gasteiger partial charge in [-0.1, -0.05) is 30.4 Å². The summed E-state index contributed by atoms with van der Waals surface area (Å²) in [5.41, 5.74) is 23.5. The summed E-state index contributed by atoms with van der Waals surface area (Å²) in [6, 6.07) is 2.65. The number of aryl methyl sites for hydroxylation is 2. The van der Waals surface area contributed by atoms with Crippen LogP contribution in [0, 0.1) is 44.3 Å². The van der Waals surface area contributed by atoms with Crippen LogP contribution in [0.2, 0.25) is 5.15 Å². The number of nitrogens with zero attached hydrogens (tertiary/aromatic N) is 6. The van der Waals surface area contributed by atoms with Crippen molar-refractivity contribution in [3.05, 3.63) is 102 Å². The highest BCUT2D eigenvalue weighted by Crippen LogP contribution is 2.48. The molecular formula is C46H43ClFN9O7. The molecule has 16 nitrogen and oxygen atoms in total. The first-order valence-corrected chi connectivity index (χ1v) is 21.1. The van der Waals surface area contributed by atoms with Crippen molar-refractivity contribution in [3.63, 3.8) is 0 Å². The van der Waals surface area contributed by atoms with E-state index < -0.39 is 53.2 Å². The fourth-order valence-corrected chi connectivity index (χ4v) is 10.2. The Kier molecular flexibility index (Phi) is 10.5. The first kappa shape index (κ1) is 42.6. The van der Waals surface area contributed by atoms with Gasteiger partial charge < -0.3 is 40.5 Å². The Labute approximate surface area is 370 Å². The van der Waals surface area contributed by atoms with Crippen LogP contribution < -0.4 is 27.5 Å². The molecule has 18 heteroatoms. The van der Waals surface area contributed by atoms with Crippen LogP contribution in [0.25, 0.3) is 33.3 Å². The highest BCUT2D eigenvalue weighted by atomic mass is 35.5. The zero-order chi connectivity index (χ0) is 45.5. The molecule has 6 aromatic rings. The monoisotopic (exact) mass is 887 g/mol. The second kappa shape index (κ2) is 15.8. The molecule has 5 aromatic heterocycles. The summed E-state index contributed by atoms with van der Waals surface area (Å²) in [6.07, 6.45) is 4.12. The summed E-state index contributed by atoms with van der Waals surface area (Å²) in [4.78, 5) is 74.1. The molecule has 2 aliphatic heterocycles. The number of anilines is 1. The average Bonchev–Trinajstić information content (AvgIpc) is 3.81. The summed E-state index contributed by atoms with van der Waals surface area (Å²) in [6.45, 7) is 6.55. The van der Waals surface area contributed by atoms with Crippen LogP contribution in [0.1, 0.15) is 88.0 Å². The Hall–Kier alpha value is -6.74. The number of hydrogen-bond donors (Lipinski definition) is 3. The van der Waals surface area contributed by atoms with E-state index in [1.807, 2.05) is 13.8 Å². The van der Waals surface area contributed by atoms with Crippen molar-refractivity contribution in [2.45, 2.75) is 84.5 Å². The molecule has 0 radical (unpaired) electrons. The first-order chi connectivity index (χ1) is 30.6. The Morgan fingerprint density at radius 2 is 1.89 bits per heavy atom. The minimum absolute atomic E-state index is 0.0243. The molecule has 1 unspecified atom stereocenters. The van der Waals surface area contributed by atoms with Crippen LogP contribution in [0.4, 0.5) is 10.3 Å². The van der Waals surface area contributed by atoms with Gasteiger partial charge in [-0.3, -0.25) is 24.2 Å². The van der Waals surface area contributed by atoms with E-state index in [-0.39, 0.29) is 54.8 Å². The van der Waals surface area contributed by atoms with Crippen LogP contribution in [0.3, 0.4) is 0 Å². The van der Waals surface area contributed by atoms with Gasteiger partial charge >= 0.3 is 17.9 Å². The third kappa shape index (κ3) is 6.41. The highest BCUT2D eigenvalue weighted by Gasteiger charge is 2.55. The molecule has 0 saturated carbocycles. The van der Waals surface area contributed by atoms with Crippen molar-refractivity contribution in [2.75, 3.05) is 19.4 Å². The fourth-order valence-electron chi connectivity index (χ4n) is 9.90. The third-order valence-electron chi connectivity index (χ3n) is 13.1. The zero-order valence-electron chi connectivity index (χ0n) is 35.6. The molecule has 1 aliphatic carbocycles. The average molecular weight is 888 g/mol. The normalized spacial score (nSPS) is 17.6. The first-order valence-electron chi connectivity index (χ1n) is 20.7. The Bertz CT molecular complexity index is 3190. The van der Waals surface area contributed by atoms with Crippen molar-refractivity contribution in [3.8, 4) is 29.0 Å². The number of pyridine rings is 3. The molecule has 3 atom stereocenters. The van der Waals surface area contributed by atoms with Gasteiger partial charge in [-0.25, -0.2) is 14.4 Å². The minimum atomic E-state index is -1.89. The molecule has 64 heavy (non-hydrogen) atoms. The third-order valence-corrected chi connectivity index (χ3v) is 13.4. The summed E-state index contributed by atoms with van der Waals surface area (Å²) in [5, 5.41) is 1.18. The van der Waals surface area contributed by atoms with E-state index in [2.05, 4.69) is 26.8 Å². The summed E-state index contributed by atoms with van der Waals surface area (Å²) < 4.78 is 35.2. The minimum Gasteiger partial charge on any atom is -0.496 e. The smallest absolute Gasteiger partial charge is 0.327 e. The summed E-state index contributed by atoms with van der Waals surface area (Å²) in [5.74, 6) is 1.87.